The number of aldehydes is 1. The fourth-order valence-corrected chi connectivity index (χ4v) is 1.33. The maximum atomic E-state index is 13.1. The first-order chi connectivity index (χ1) is 6.70. The third-order valence-corrected chi connectivity index (χ3v) is 2.11. The van der Waals surface area contributed by atoms with Crippen LogP contribution in [0.4, 0.5) is 4.39 Å². The number of carbonyl (C=O) groups excluding carboxylic acids is 1. The van der Waals surface area contributed by atoms with Crippen molar-refractivity contribution in [1.29, 1.82) is 0 Å². The zero-order chi connectivity index (χ0) is 10.1. The van der Waals surface area contributed by atoms with E-state index in [2.05, 4.69) is 4.98 Å². The summed E-state index contributed by atoms with van der Waals surface area (Å²) in [6.07, 6.45) is 0.679. The third kappa shape index (κ3) is 1.37. The molecule has 0 fully saturated rings. The molecule has 2 aromatic rings. The van der Waals surface area contributed by atoms with Gasteiger partial charge in [0, 0.05) is 5.39 Å². The Morgan fingerprint density at radius 2 is 2.14 bits per heavy atom. The smallest absolute Gasteiger partial charge is 0.168 e. The minimum absolute atomic E-state index is 0.252. The molecule has 0 saturated carbocycles. The highest BCUT2D eigenvalue weighted by Gasteiger charge is 2.02. The van der Waals surface area contributed by atoms with E-state index in [0.717, 1.165) is 0 Å². The summed E-state index contributed by atoms with van der Waals surface area (Å²) in [6, 6.07) is 6.32. The maximum absolute atomic E-state index is 13.1. The fourth-order valence-electron chi connectivity index (χ4n) is 1.33. The van der Waals surface area contributed by atoms with Gasteiger partial charge in [-0.25, -0.2) is 9.37 Å². The zero-order valence-electron chi connectivity index (χ0n) is 7.62. The molecule has 1 heterocycles. The molecule has 0 unspecified atom stereocenters. The van der Waals surface area contributed by atoms with Crippen LogP contribution in [-0.2, 0) is 0 Å². The lowest BCUT2D eigenvalue weighted by Crippen LogP contribution is -1.90. The van der Waals surface area contributed by atoms with Gasteiger partial charge in [-0.3, -0.25) is 4.79 Å². The lowest BCUT2D eigenvalue weighted by Gasteiger charge is -2.00. The topological polar surface area (TPSA) is 30.0 Å². The number of aryl methyl sites for hydroxylation is 1. The van der Waals surface area contributed by atoms with Crippen LogP contribution in [0, 0.1) is 12.7 Å². The molecule has 0 atom stereocenters. The predicted octanol–water partition coefficient (Wildman–Crippen LogP) is 2.49. The van der Waals surface area contributed by atoms with E-state index in [1.165, 1.54) is 6.07 Å². The largest absolute Gasteiger partial charge is 0.296 e. The summed E-state index contributed by atoms with van der Waals surface area (Å²) < 4.78 is 13.1. The van der Waals surface area contributed by atoms with E-state index in [9.17, 15) is 9.18 Å². The van der Waals surface area contributed by atoms with E-state index in [4.69, 9.17) is 0 Å². The number of halogens is 1. The molecule has 0 aliphatic carbocycles. The van der Waals surface area contributed by atoms with Crippen molar-refractivity contribution in [2.24, 2.45) is 0 Å². The highest BCUT2D eigenvalue weighted by Crippen LogP contribution is 2.17. The highest BCUT2D eigenvalue weighted by molar-refractivity contribution is 5.83. The molecular formula is C11H8FNO. The van der Waals surface area contributed by atoms with Gasteiger partial charge in [0.25, 0.3) is 0 Å². The Hall–Kier alpha value is -1.77. The number of fused-ring (bicyclic) bond motifs is 1. The van der Waals surface area contributed by atoms with Gasteiger partial charge < -0.3 is 0 Å². The molecule has 0 bridgehead atoms. The van der Waals surface area contributed by atoms with Crippen LogP contribution < -0.4 is 0 Å². The van der Waals surface area contributed by atoms with E-state index in [-0.39, 0.29) is 5.82 Å². The molecule has 70 valence electrons. The van der Waals surface area contributed by atoms with Crippen molar-refractivity contribution in [3.63, 3.8) is 0 Å². The van der Waals surface area contributed by atoms with E-state index in [1.807, 2.05) is 0 Å². The molecule has 0 radical (unpaired) electrons. The van der Waals surface area contributed by atoms with Gasteiger partial charge in [-0.05, 0) is 30.7 Å². The average Bonchev–Trinajstić information content (AvgIpc) is 2.19. The fraction of sp³-hybridized carbons (Fsp3) is 0.0909. The highest BCUT2D eigenvalue weighted by atomic mass is 19.1. The number of rotatable bonds is 1. The van der Waals surface area contributed by atoms with Gasteiger partial charge in [0.1, 0.15) is 11.5 Å². The Kier molecular flexibility index (Phi) is 2.00. The molecule has 3 heteroatoms. The van der Waals surface area contributed by atoms with Crippen LogP contribution in [-0.4, -0.2) is 11.3 Å². The van der Waals surface area contributed by atoms with Crippen molar-refractivity contribution in [2.45, 2.75) is 6.92 Å². The van der Waals surface area contributed by atoms with Crippen molar-refractivity contribution in [3.8, 4) is 0 Å². The minimum Gasteiger partial charge on any atom is -0.296 e. The summed E-state index contributed by atoms with van der Waals surface area (Å²) in [7, 11) is 0. The van der Waals surface area contributed by atoms with E-state index >= 15 is 0 Å². The summed E-state index contributed by atoms with van der Waals surface area (Å²) in [6.45, 7) is 1.67. The Morgan fingerprint density at radius 1 is 1.36 bits per heavy atom. The van der Waals surface area contributed by atoms with Gasteiger partial charge in [0.2, 0.25) is 0 Å². The Balaban J connectivity index is 2.76. The summed E-state index contributed by atoms with van der Waals surface area (Å²) in [5, 5.41) is 0.707. The molecular weight excluding hydrogens is 181 g/mol. The monoisotopic (exact) mass is 189 g/mol. The van der Waals surface area contributed by atoms with E-state index < -0.39 is 0 Å². The summed E-state index contributed by atoms with van der Waals surface area (Å²) in [4.78, 5) is 14.5. The first-order valence-electron chi connectivity index (χ1n) is 4.23. The molecule has 1 aromatic carbocycles. The SMILES string of the molecule is Cc1cc2nc(C=O)ccc2cc1F. The second kappa shape index (κ2) is 3.18. The van der Waals surface area contributed by atoms with Crippen LogP contribution in [0.3, 0.4) is 0 Å². The molecule has 14 heavy (non-hydrogen) atoms. The Labute approximate surface area is 80.4 Å². The number of aromatic nitrogens is 1. The Bertz CT molecular complexity index is 508. The minimum atomic E-state index is -0.252. The number of hydrogen-bond acceptors (Lipinski definition) is 2. The molecule has 2 rings (SSSR count). The standard InChI is InChI=1S/C11H8FNO/c1-7-4-11-8(5-10(7)12)2-3-9(6-14)13-11/h2-6H,1H3. The van der Waals surface area contributed by atoms with Crippen LogP contribution in [0.25, 0.3) is 10.9 Å². The van der Waals surface area contributed by atoms with Crippen LogP contribution >= 0.6 is 0 Å². The number of nitrogens with zero attached hydrogens (tertiary/aromatic N) is 1. The van der Waals surface area contributed by atoms with Gasteiger partial charge in [0.05, 0.1) is 5.52 Å². The zero-order valence-corrected chi connectivity index (χ0v) is 7.62. The second-order valence-electron chi connectivity index (χ2n) is 3.15. The molecule has 1 aromatic heterocycles. The lowest BCUT2D eigenvalue weighted by atomic mass is 10.1. The van der Waals surface area contributed by atoms with Gasteiger partial charge in [0.15, 0.2) is 6.29 Å². The number of hydrogen-bond donors (Lipinski definition) is 0. The molecule has 0 saturated heterocycles. The van der Waals surface area contributed by atoms with E-state index in [0.29, 0.717) is 28.4 Å². The van der Waals surface area contributed by atoms with Crippen molar-refractivity contribution in [3.05, 3.63) is 41.3 Å². The van der Waals surface area contributed by atoms with Crippen LogP contribution in [0.2, 0.25) is 0 Å². The van der Waals surface area contributed by atoms with Gasteiger partial charge in [-0.15, -0.1) is 0 Å². The number of carbonyl (C=O) groups is 1. The van der Waals surface area contributed by atoms with Gasteiger partial charge in [-0.2, -0.15) is 0 Å². The summed E-state index contributed by atoms with van der Waals surface area (Å²) in [5.41, 5.74) is 1.55. The molecule has 0 N–H and O–H groups in total. The van der Waals surface area contributed by atoms with Crippen LogP contribution in [0.5, 0.6) is 0 Å². The maximum Gasteiger partial charge on any atom is 0.168 e. The Morgan fingerprint density at radius 3 is 2.86 bits per heavy atom. The average molecular weight is 189 g/mol. The quantitative estimate of drug-likeness (QED) is 0.645. The van der Waals surface area contributed by atoms with Crippen LogP contribution in [0.15, 0.2) is 24.3 Å². The normalized spacial score (nSPS) is 10.4. The van der Waals surface area contributed by atoms with Crippen molar-refractivity contribution < 1.29 is 9.18 Å². The first-order valence-corrected chi connectivity index (χ1v) is 4.23. The first kappa shape index (κ1) is 8.81. The third-order valence-electron chi connectivity index (χ3n) is 2.11. The molecule has 0 spiro atoms. The van der Waals surface area contributed by atoms with Crippen molar-refractivity contribution in [2.75, 3.05) is 0 Å². The second-order valence-corrected chi connectivity index (χ2v) is 3.15. The molecule has 2 nitrogen and oxygen atoms in total. The van der Waals surface area contributed by atoms with Crippen LogP contribution in [0.1, 0.15) is 16.1 Å². The number of benzene rings is 1. The summed E-state index contributed by atoms with van der Waals surface area (Å²) >= 11 is 0. The van der Waals surface area contributed by atoms with E-state index in [1.54, 1.807) is 25.1 Å². The van der Waals surface area contributed by atoms with Gasteiger partial charge in [-0.1, -0.05) is 6.07 Å². The summed E-state index contributed by atoms with van der Waals surface area (Å²) in [5.74, 6) is -0.252. The molecule has 0 aliphatic rings. The predicted molar refractivity (Wildman–Crippen MR) is 51.8 cm³/mol. The molecule has 0 aliphatic heterocycles. The molecule has 0 amide bonds. The van der Waals surface area contributed by atoms with Crippen molar-refractivity contribution >= 4 is 17.2 Å². The van der Waals surface area contributed by atoms with Gasteiger partial charge >= 0.3 is 0 Å². The number of pyridine rings is 1. The lowest BCUT2D eigenvalue weighted by molar-refractivity contribution is 0.111. The van der Waals surface area contributed by atoms with Crippen molar-refractivity contribution in [1.82, 2.24) is 4.98 Å².